The molecule has 1 aromatic rings. The summed E-state index contributed by atoms with van der Waals surface area (Å²) in [5, 5.41) is 13.6. The Labute approximate surface area is 92.7 Å². The molecule has 5 heteroatoms. The van der Waals surface area contributed by atoms with Crippen LogP contribution in [0, 0.1) is 11.3 Å². The molecule has 0 spiro atoms. The van der Waals surface area contributed by atoms with E-state index in [0.29, 0.717) is 12.0 Å². The number of thiophene rings is 1. The molecule has 0 aliphatic rings. The van der Waals surface area contributed by atoms with Crippen molar-refractivity contribution in [3.63, 3.8) is 0 Å². The number of hydrogen-bond donors (Lipinski definition) is 2. The van der Waals surface area contributed by atoms with E-state index in [0.717, 1.165) is 24.4 Å². The Bertz CT molecular complexity index is 367. The Kier molecular flexibility index (Phi) is 4.81. The van der Waals surface area contributed by atoms with Crippen molar-refractivity contribution in [2.75, 3.05) is 6.54 Å². The zero-order chi connectivity index (χ0) is 11.1. The van der Waals surface area contributed by atoms with Crippen molar-refractivity contribution >= 4 is 17.2 Å². The second kappa shape index (κ2) is 6.17. The number of primary amides is 1. The van der Waals surface area contributed by atoms with E-state index in [2.05, 4.69) is 11.4 Å². The van der Waals surface area contributed by atoms with Gasteiger partial charge in [0.15, 0.2) is 0 Å². The molecule has 0 radical (unpaired) electrons. The van der Waals surface area contributed by atoms with Gasteiger partial charge in [-0.1, -0.05) is 0 Å². The minimum absolute atomic E-state index is 0.264. The molecule has 0 unspecified atom stereocenters. The molecule has 0 saturated heterocycles. The molecule has 0 atom stereocenters. The standard InChI is InChI=1S/C10H13N3OS/c11-5-8-4-9(15-7-8)6-13-3-1-2-10(12)14/h4,7,13H,1-3,6H2,(H2,12,14). The summed E-state index contributed by atoms with van der Waals surface area (Å²) in [4.78, 5) is 11.6. The van der Waals surface area contributed by atoms with Crippen molar-refractivity contribution in [1.82, 2.24) is 5.32 Å². The predicted molar refractivity (Wildman–Crippen MR) is 59.2 cm³/mol. The van der Waals surface area contributed by atoms with Gasteiger partial charge in [0.2, 0.25) is 5.91 Å². The lowest BCUT2D eigenvalue weighted by Gasteiger charge is -2.00. The SMILES string of the molecule is N#Cc1csc(CNCCCC(N)=O)c1. The molecule has 0 aliphatic carbocycles. The summed E-state index contributed by atoms with van der Waals surface area (Å²) in [5.41, 5.74) is 5.71. The van der Waals surface area contributed by atoms with Gasteiger partial charge in [0.1, 0.15) is 6.07 Å². The Morgan fingerprint density at radius 1 is 1.67 bits per heavy atom. The van der Waals surface area contributed by atoms with Gasteiger partial charge in [-0.25, -0.2) is 0 Å². The fourth-order valence-corrected chi connectivity index (χ4v) is 1.91. The Balaban J connectivity index is 2.15. The van der Waals surface area contributed by atoms with E-state index in [9.17, 15) is 4.79 Å². The van der Waals surface area contributed by atoms with Gasteiger partial charge in [-0.2, -0.15) is 5.26 Å². The zero-order valence-electron chi connectivity index (χ0n) is 8.32. The first-order valence-corrected chi connectivity index (χ1v) is 5.57. The largest absolute Gasteiger partial charge is 0.370 e. The molecule has 1 aromatic heterocycles. The molecule has 0 saturated carbocycles. The number of nitrogens with two attached hydrogens (primary N) is 1. The summed E-state index contributed by atoms with van der Waals surface area (Å²) in [6.07, 6.45) is 1.17. The van der Waals surface area contributed by atoms with Crippen LogP contribution in [0.25, 0.3) is 0 Å². The normalized spacial score (nSPS) is 9.80. The lowest BCUT2D eigenvalue weighted by atomic mass is 10.3. The number of nitrogens with one attached hydrogen (secondary N) is 1. The average molecular weight is 223 g/mol. The second-order valence-corrected chi connectivity index (χ2v) is 4.16. The van der Waals surface area contributed by atoms with Crippen LogP contribution in [0.3, 0.4) is 0 Å². The number of carbonyl (C=O) groups is 1. The highest BCUT2D eigenvalue weighted by atomic mass is 32.1. The van der Waals surface area contributed by atoms with Gasteiger partial charge in [0.25, 0.3) is 0 Å². The summed E-state index contributed by atoms with van der Waals surface area (Å²) >= 11 is 1.56. The van der Waals surface area contributed by atoms with Gasteiger partial charge >= 0.3 is 0 Å². The van der Waals surface area contributed by atoms with Gasteiger partial charge in [-0.15, -0.1) is 11.3 Å². The van der Waals surface area contributed by atoms with Crippen molar-refractivity contribution in [3.05, 3.63) is 21.9 Å². The quantitative estimate of drug-likeness (QED) is 0.705. The number of rotatable bonds is 6. The van der Waals surface area contributed by atoms with Crippen LogP contribution < -0.4 is 11.1 Å². The molecular weight excluding hydrogens is 210 g/mol. The highest BCUT2D eigenvalue weighted by molar-refractivity contribution is 7.10. The van der Waals surface area contributed by atoms with Gasteiger partial charge in [0, 0.05) is 23.2 Å². The Hall–Kier alpha value is -1.38. The Morgan fingerprint density at radius 2 is 2.47 bits per heavy atom. The minimum atomic E-state index is -0.264. The van der Waals surface area contributed by atoms with Crippen LogP contribution in [0.5, 0.6) is 0 Å². The van der Waals surface area contributed by atoms with E-state index < -0.39 is 0 Å². The van der Waals surface area contributed by atoms with E-state index in [1.807, 2.05) is 11.4 Å². The number of nitrogens with zero attached hydrogens (tertiary/aromatic N) is 1. The molecule has 1 amide bonds. The summed E-state index contributed by atoms with van der Waals surface area (Å²) < 4.78 is 0. The first-order valence-electron chi connectivity index (χ1n) is 4.69. The van der Waals surface area contributed by atoms with Crippen LogP contribution in [-0.2, 0) is 11.3 Å². The van der Waals surface area contributed by atoms with Crippen molar-refractivity contribution in [2.24, 2.45) is 5.73 Å². The zero-order valence-corrected chi connectivity index (χ0v) is 9.14. The molecule has 80 valence electrons. The van der Waals surface area contributed by atoms with Crippen molar-refractivity contribution in [2.45, 2.75) is 19.4 Å². The number of amides is 1. The molecule has 3 N–H and O–H groups in total. The number of hydrogen-bond acceptors (Lipinski definition) is 4. The third-order valence-electron chi connectivity index (χ3n) is 1.86. The van der Waals surface area contributed by atoms with E-state index in [4.69, 9.17) is 11.0 Å². The highest BCUT2D eigenvalue weighted by Gasteiger charge is 1.98. The smallest absolute Gasteiger partial charge is 0.217 e. The van der Waals surface area contributed by atoms with Crippen molar-refractivity contribution < 1.29 is 4.79 Å². The second-order valence-electron chi connectivity index (χ2n) is 3.16. The maximum Gasteiger partial charge on any atom is 0.217 e. The molecule has 1 rings (SSSR count). The van der Waals surface area contributed by atoms with Crippen LogP contribution >= 0.6 is 11.3 Å². The van der Waals surface area contributed by atoms with Crippen LogP contribution in [0.4, 0.5) is 0 Å². The molecule has 0 aliphatic heterocycles. The maximum atomic E-state index is 10.4. The fraction of sp³-hybridized carbons (Fsp3) is 0.400. The highest BCUT2D eigenvalue weighted by Crippen LogP contribution is 2.13. The van der Waals surface area contributed by atoms with Crippen molar-refractivity contribution in [1.29, 1.82) is 5.26 Å². The van der Waals surface area contributed by atoms with Gasteiger partial charge in [-0.3, -0.25) is 4.79 Å². The molecule has 0 bridgehead atoms. The minimum Gasteiger partial charge on any atom is -0.370 e. The first-order chi connectivity index (χ1) is 7.22. The van der Waals surface area contributed by atoms with E-state index in [1.54, 1.807) is 11.3 Å². The van der Waals surface area contributed by atoms with Gasteiger partial charge < -0.3 is 11.1 Å². The Morgan fingerprint density at radius 3 is 3.07 bits per heavy atom. The summed E-state index contributed by atoms with van der Waals surface area (Å²) in [7, 11) is 0. The third kappa shape index (κ3) is 4.58. The lowest BCUT2D eigenvalue weighted by Crippen LogP contribution is -2.17. The summed E-state index contributed by atoms with van der Waals surface area (Å²) in [6, 6.07) is 3.95. The summed E-state index contributed by atoms with van der Waals surface area (Å²) in [6.45, 7) is 1.51. The van der Waals surface area contributed by atoms with Crippen LogP contribution in [-0.4, -0.2) is 12.5 Å². The van der Waals surface area contributed by atoms with E-state index >= 15 is 0 Å². The van der Waals surface area contributed by atoms with Crippen LogP contribution in [0.1, 0.15) is 23.3 Å². The number of nitriles is 1. The van der Waals surface area contributed by atoms with E-state index in [1.165, 1.54) is 0 Å². The van der Waals surface area contributed by atoms with Gasteiger partial charge in [0.05, 0.1) is 5.56 Å². The van der Waals surface area contributed by atoms with Crippen molar-refractivity contribution in [3.8, 4) is 6.07 Å². The monoisotopic (exact) mass is 223 g/mol. The van der Waals surface area contributed by atoms with Crippen LogP contribution in [0.15, 0.2) is 11.4 Å². The topological polar surface area (TPSA) is 78.9 Å². The van der Waals surface area contributed by atoms with Crippen LogP contribution in [0.2, 0.25) is 0 Å². The van der Waals surface area contributed by atoms with Gasteiger partial charge in [-0.05, 0) is 19.0 Å². The third-order valence-corrected chi connectivity index (χ3v) is 2.80. The maximum absolute atomic E-state index is 10.4. The molecule has 0 fully saturated rings. The molecule has 1 heterocycles. The van der Waals surface area contributed by atoms with E-state index in [-0.39, 0.29) is 5.91 Å². The average Bonchev–Trinajstić information content (AvgIpc) is 2.65. The lowest BCUT2D eigenvalue weighted by molar-refractivity contribution is -0.118. The first kappa shape index (κ1) is 11.7. The molecule has 15 heavy (non-hydrogen) atoms. The number of carbonyl (C=O) groups excluding carboxylic acids is 1. The fourth-order valence-electron chi connectivity index (χ4n) is 1.13. The molecule has 4 nitrogen and oxygen atoms in total. The molecular formula is C10H13N3OS. The predicted octanol–water partition coefficient (Wildman–Crippen LogP) is 0.975. The molecule has 0 aromatic carbocycles. The summed E-state index contributed by atoms with van der Waals surface area (Å²) in [5.74, 6) is -0.264.